The first-order chi connectivity index (χ1) is 27.9. The zero-order valence-electron chi connectivity index (χ0n) is 34.4. The molecule has 0 unspecified atom stereocenters. The second-order valence-corrected chi connectivity index (χ2v) is 17.1. The van der Waals surface area contributed by atoms with Crippen molar-refractivity contribution in [2.45, 2.75) is 70.6 Å². The highest BCUT2D eigenvalue weighted by Gasteiger charge is 2.36. The van der Waals surface area contributed by atoms with Crippen LogP contribution in [-0.2, 0) is 13.2 Å². The average molecular weight is 808 g/mol. The van der Waals surface area contributed by atoms with Crippen LogP contribution in [0.2, 0.25) is 0 Å². The summed E-state index contributed by atoms with van der Waals surface area (Å²) in [7, 11) is 5.17. The first kappa shape index (κ1) is 40.9. The second kappa shape index (κ2) is 17.3. The number of methoxy groups -OCH3 is 2. The van der Waals surface area contributed by atoms with Crippen molar-refractivity contribution >= 4 is 48.2 Å². The van der Waals surface area contributed by atoms with E-state index in [-0.39, 0.29) is 41.9 Å². The largest absolute Gasteiger partial charge is 0.493 e. The number of thiol groups is 1. The minimum absolute atomic E-state index is 0.0786. The number of amides is 2. The van der Waals surface area contributed by atoms with Gasteiger partial charge in [-0.2, -0.15) is 12.6 Å². The van der Waals surface area contributed by atoms with Crippen LogP contribution in [0.15, 0.2) is 75.7 Å². The number of aliphatic imine (C=N–C) groups is 2. The number of rotatable bonds is 14. The zero-order chi connectivity index (χ0) is 41.1. The Labute approximate surface area is 346 Å². The van der Waals surface area contributed by atoms with Gasteiger partial charge in [0.25, 0.3) is 11.8 Å². The topological polar surface area (TPSA) is 115 Å². The summed E-state index contributed by atoms with van der Waals surface area (Å²) in [5, 5.41) is 0. The number of carbonyl (C=O) groups is 2. The lowest BCUT2D eigenvalue weighted by Gasteiger charge is -2.25. The quantitative estimate of drug-likeness (QED) is 0.131. The molecule has 0 N–H and O–H groups in total. The van der Waals surface area contributed by atoms with Gasteiger partial charge < -0.3 is 38.4 Å². The Bertz CT molecular complexity index is 2060. The van der Waals surface area contributed by atoms with Crippen LogP contribution in [0.25, 0.3) is 0 Å². The van der Waals surface area contributed by atoms with Crippen molar-refractivity contribution in [1.82, 2.24) is 14.7 Å². The van der Waals surface area contributed by atoms with E-state index in [1.807, 2.05) is 61.3 Å². The second-order valence-electron chi connectivity index (χ2n) is 15.9. The van der Waals surface area contributed by atoms with Crippen molar-refractivity contribution < 1.29 is 33.3 Å². The van der Waals surface area contributed by atoms with Crippen molar-refractivity contribution in [3.8, 4) is 28.7 Å². The van der Waals surface area contributed by atoms with Gasteiger partial charge in [0.15, 0.2) is 23.0 Å². The molecule has 2 saturated heterocycles. The Hall–Kier alpha value is -5.27. The highest BCUT2D eigenvalue weighted by atomic mass is 32.1. The number of fused-ring (bicyclic) bond motifs is 4. The number of hydrogen-bond donors (Lipinski definition) is 1. The summed E-state index contributed by atoms with van der Waals surface area (Å²) in [4.78, 5) is 42.6. The molecule has 0 aromatic heterocycles. The van der Waals surface area contributed by atoms with Crippen LogP contribution >= 0.6 is 12.6 Å². The molecular weight excluding hydrogens is 755 g/mol. The van der Waals surface area contributed by atoms with Gasteiger partial charge in [-0.15, -0.1) is 0 Å². The highest BCUT2D eigenvalue weighted by molar-refractivity contribution is 7.81. The average Bonchev–Trinajstić information content (AvgIpc) is 3.77. The van der Waals surface area contributed by atoms with E-state index in [1.54, 1.807) is 38.5 Å². The standard InChI is InChI=1S/C45H53N5O7S/c1-8-28-13-32-21-46-37-19-41(39(53-6)17-35(37)43(51)49(32)23-28)56-25-30-12-31(16-34(15-30)55-11-10-48(5)27-45(3,4)58)26-57-42-20-38-36(18-40(42)54-7)44(52)50-24-29(9-2)14-33(50)22-47-38/h8-9,12,15-22,32-33,58H,10-11,13-14,23-27H2,1-7H3/b28-8-,29-9+/t32-,33-/m0/s1. The lowest BCUT2D eigenvalue weighted by atomic mass is 10.1. The highest BCUT2D eigenvalue weighted by Crippen LogP contribution is 2.41. The molecule has 4 heterocycles. The molecule has 7 rings (SSSR count). The molecule has 0 spiro atoms. The van der Waals surface area contributed by atoms with Gasteiger partial charge in [-0.3, -0.25) is 19.6 Å². The maximum Gasteiger partial charge on any atom is 0.257 e. The lowest BCUT2D eigenvalue weighted by Crippen LogP contribution is -2.35. The Kier molecular flexibility index (Phi) is 12.2. The predicted molar refractivity (Wildman–Crippen MR) is 230 cm³/mol. The number of benzene rings is 3. The molecule has 3 aromatic rings. The summed E-state index contributed by atoms with van der Waals surface area (Å²) in [6.45, 7) is 11.7. The van der Waals surface area contributed by atoms with Gasteiger partial charge in [0.2, 0.25) is 0 Å². The van der Waals surface area contributed by atoms with Crippen LogP contribution < -0.4 is 23.7 Å². The first-order valence-electron chi connectivity index (χ1n) is 19.7. The number of carbonyl (C=O) groups excluding carboxylic acids is 2. The Morgan fingerprint density at radius 3 is 1.66 bits per heavy atom. The van der Waals surface area contributed by atoms with E-state index in [2.05, 4.69) is 43.5 Å². The van der Waals surface area contributed by atoms with Crippen LogP contribution in [0.5, 0.6) is 28.7 Å². The third kappa shape index (κ3) is 9.05. The summed E-state index contributed by atoms with van der Waals surface area (Å²) >= 11 is 4.68. The molecule has 2 fully saturated rings. The van der Waals surface area contributed by atoms with E-state index < -0.39 is 0 Å². The van der Waals surface area contributed by atoms with E-state index in [0.29, 0.717) is 77.5 Å². The molecule has 13 heteroatoms. The molecule has 2 amide bonds. The number of allylic oxidation sites excluding steroid dienone is 2. The normalized spacial score (nSPS) is 19.9. The van der Waals surface area contributed by atoms with E-state index >= 15 is 0 Å². The fourth-order valence-electron chi connectivity index (χ4n) is 7.89. The first-order valence-corrected chi connectivity index (χ1v) is 20.2. The minimum Gasteiger partial charge on any atom is -0.493 e. The molecule has 306 valence electrons. The Balaban J connectivity index is 1.12. The molecule has 3 aromatic carbocycles. The van der Waals surface area contributed by atoms with Crippen molar-refractivity contribution in [2.75, 3.05) is 54.1 Å². The van der Waals surface area contributed by atoms with Gasteiger partial charge in [0.05, 0.1) is 48.8 Å². The zero-order valence-corrected chi connectivity index (χ0v) is 35.3. The molecule has 58 heavy (non-hydrogen) atoms. The summed E-state index contributed by atoms with van der Waals surface area (Å²) in [6.07, 6.45) is 9.39. The molecule has 12 nitrogen and oxygen atoms in total. The molecule has 0 saturated carbocycles. The van der Waals surface area contributed by atoms with E-state index in [9.17, 15) is 9.59 Å². The molecule has 2 atom stereocenters. The van der Waals surface area contributed by atoms with Crippen LogP contribution in [0.1, 0.15) is 72.4 Å². The van der Waals surface area contributed by atoms with Gasteiger partial charge >= 0.3 is 0 Å². The fourth-order valence-corrected chi connectivity index (χ4v) is 8.13. The third-order valence-electron chi connectivity index (χ3n) is 10.8. The van der Waals surface area contributed by atoms with Crippen LogP contribution in [0.4, 0.5) is 11.4 Å². The lowest BCUT2D eigenvalue weighted by molar-refractivity contribution is 0.0769. The predicted octanol–water partition coefficient (Wildman–Crippen LogP) is 7.63. The summed E-state index contributed by atoms with van der Waals surface area (Å²) < 4.78 is 30.4. The number of hydrogen-bond acceptors (Lipinski definition) is 11. The van der Waals surface area contributed by atoms with Gasteiger partial charge in [-0.25, -0.2) is 0 Å². The smallest absolute Gasteiger partial charge is 0.257 e. The SMILES string of the molecule is C/C=C1/C[C@H]2C=Nc3cc(OCc4cc(COc5cc6c(cc5OC)C(=O)N5C/C(=C/C)C[C@H]5C=N6)cc(OCCN(C)CC(C)(C)S)c4)c(OC)cc3C(=O)N2C1. The Morgan fingerprint density at radius 1 is 0.741 bits per heavy atom. The summed E-state index contributed by atoms with van der Waals surface area (Å²) in [5.74, 6) is 2.32. The third-order valence-corrected chi connectivity index (χ3v) is 11.0. The molecule has 0 aliphatic carbocycles. The van der Waals surface area contributed by atoms with Crippen molar-refractivity contribution in [2.24, 2.45) is 9.98 Å². The monoisotopic (exact) mass is 807 g/mol. The molecule has 4 aliphatic rings. The van der Waals surface area contributed by atoms with Gasteiger partial charge in [-0.05, 0) is 89.0 Å². The van der Waals surface area contributed by atoms with Crippen molar-refractivity contribution in [1.29, 1.82) is 0 Å². The summed E-state index contributed by atoms with van der Waals surface area (Å²) in [5.41, 5.74) is 6.15. The molecule has 4 aliphatic heterocycles. The van der Waals surface area contributed by atoms with Gasteiger partial charge in [0, 0.05) is 55.5 Å². The maximum absolute atomic E-state index is 13.6. The minimum atomic E-state index is -0.138. The fraction of sp³-hybridized carbons (Fsp3) is 0.422. The Morgan fingerprint density at radius 2 is 1.22 bits per heavy atom. The van der Waals surface area contributed by atoms with Crippen LogP contribution in [0.3, 0.4) is 0 Å². The number of ether oxygens (including phenoxy) is 5. The van der Waals surface area contributed by atoms with Crippen LogP contribution in [-0.4, -0.2) is 110 Å². The summed E-state index contributed by atoms with van der Waals surface area (Å²) in [6, 6.07) is 12.7. The van der Waals surface area contributed by atoms with Gasteiger partial charge in [-0.1, -0.05) is 23.3 Å². The van der Waals surface area contributed by atoms with Crippen LogP contribution in [0, 0.1) is 0 Å². The number of likely N-dealkylation sites (N-methyl/N-ethyl adjacent to an activating group) is 1. The van der Waals surface area contributed by atoms with E-state index in [4.69, 9.17) is 33.7 Å². The van der Waals surface area contributed by atoms with Crippen molar-refractivity contribution in [3.63, 3.8) is 0 Å². The maximum atomic E-state index is 13.6. The number of nitrogens with zero attached hydrogens (tertiary/aromatic N) is 5. The van der Waals surface area contributed by atoms with Crippen molar-refractivity contribution in [3.05, 3.63) is 88.0 Å². The molecule has 0 radical (unpaired) electrons. The molecule has 0 bridgehead atoms. The van der Waals surface area contributed by atoms with Gasteiger partial charge in [0.1, 0.15) is 25.6 Å². The molecular formula is C45H53N5O7S. The van der Waals surface area contributed by atoms with E-state index in [0.717, 1.165) is 30.5 Å². The van der Waals surface area contributed by atoms with E-state index in [1.165, 1.54) is 11.1 Å².